The van der Waals surface area contributed by atoms with Gasteiger partial charge in [0.25, 0.3) is 5.91 Å². The monoisotopic (exact) mass is 311 g/mol. The van der Waals surface area contributed by atoms with Gasteiger partial charge in [-0.3, -0.25) is 4.79 Å². The molecule has 0 aliphatic heterocycles. The average molecular weight is 311 g/mol. The van der Waals surface area contributed by atoms with Gasteiger partial charge in [0.2, 0.25) is 0 Å². The SMILES string of the molecule is Cc1cc(C)c(NC(=O)COc2cc(C)cc(C)c2C)c(C)c1. The summed E-state index contributed by atoms with van der Waals surface area (Å²) in [7, 11) is 0. The topological polar surface area (TPSA) is 38.3 Å². The predicted octanol–water partition coefficient (Wildman–Crippen LogP) is 4.55. The van der Waals surface area contributed by atoms with Crippen LogP contribution in [0.15, 0.2) is 24.3 Å². The van der Waals surface area contributed by atoms with Crippen LogP contribution in [-0.4, -0.2) is 12.5 Å². The van der Waals surface area contributed by atoms with Crippen molar-refractivity contribution in [3.05, 3.63) is 57.6 Å². The van der Waals surface area contributed by atoms with Gasteiger partial charge in [-0.1, -0.05) is 23.8 Å². The van der Waals surface area contributed by atoms with Crippen LogP contribution in [0.2, 0.25) is 0 Å². The molecule has 3 heteroatoms. The molecule has 0 saturated heterocycles. The number of aryl methyl sites for hydroxylation is 5. The van der Waals surface area contributed by atoms with E-state index < -0.39 is 0 Å². The van der Waals surface area contributed by atoms with Crippen molar-refractivity contribution >= 4 is 11.6 Å². The summed E-state index contributed by atoms with van der Waals surface area (Å²) in [5.74, 6) is 0.633. The summed E-state index contributed by atoms with van der Waals surface area (Å²) >= 11 is 0. The highest BCUT2D eigenvalue weighted by molar-refractivity contribution is 5.93. The van der Waals surface area contributed by atoms with Crippen LogP contribution < -0.4 is 10.1 Å². The first kappa shape index (κ1) is 17.1. The second-order valence-corrected chi connectivity index (χ2v) is 6.32. The highest BCUT2D eigenvalue weighted by atomic mass is 16.5. The molecule has 0 heterocycles. The number of amides is 1. The maximum absolute atomic E-state index is 12.2. The summed E-state index contributed by atoms with van der Waals surface area (Å²) in [6.45, 7) is 12.2. The largest absolute Gasteiger partial charge is 0.483 e. The van der Waals surface area contributed by atoms with Crippen molar-refractivity contribution in [3.63, 3.8) is 0 Å². The van der Waals surface area contributed by atoms with Gasteiger partial charge < -0.3 is 10.1 Å². The van der Waals surface area contributed by atoms with Crippen LogP contribution in [0.4, 0.5) is 5.69 Å². The van der Waals surface area contributed by atoms with Gasteiger partial charge in [-0.25, -0.2) is 0 Å². The molecule has 122 valence electrons. The molecule has 3 nitrogen and oxygen atoms in total. The Morgan fingerprint density at radius 1 is 0.870 bits per heavy atom. The van der Waals surface area contributed by atoms with Gasteiger partial charge in [-0.15, -0.1) is 0 Å². The molecule has 0 unspecified atom stereocenters. The second kappa shape index (κ2) is 6.86. The van der Waals surface area contributed by atoms with E-state index in [1.54, 1.807) is 0 Å². The van der Waals surface area contributed by atoms with Crippen LogP contribution in [0.3, 0.4) is 0 Å². The Morgan fingerprint density at radius 2 is 1.39 bits per heavy atom. The molecule has 0 saturated carbocycles. The van der Waals surface area contributed by atoms with Crippen molar-refractivity contribution in [3.8, 4) is 5.75 Å². The lowest BCUT2D eigenvalue weighted by Gasteiger charge is -2.15. The molecule has 0 aromatic heterocycles. The third kappa shape index (κ3) is 4.13. The average Bonchev–Trinajstić information content (AvgIpc) is 2.45. The molecule has 1 N–H and O–H groups in total. The van der Waals surface area contributed by atoms with E-state index in [0.29, 0.717) is 0 Å². The Bertz CT molecular complexity index is 725. The molecule has 23 heavy (non-hydrogen) atoms. The first-order valence-corrected chi connectivity index (χ1v) is 7.86. The van der Waals surface area contributed by atoms with E-state index in [1.165, 1.54) is 11.1 Å². The van der Waals surface area contributed by atoms with Crippen LogP contribution in [-0.2, 0) is 4.79 Å². The van der Waals surface area contributed by atoms with E-state index >= 15 is 0 Å². The van der Waals surface area contributed by atoms with E-state index in [1.807, 2.05) is 40.7 Å². The fourth-order valence-corrected chi connectivity index (χ4v) is 2.85. The van der Waals surface area contributed by atoms with Gasteiger partial charge >= 0.3 is 0 Å². The molecule has 0 aliphatic rings. The van der Waals surface area contributed by atoms with Crippen LogP contribution in [0.25, 0.3) is 0 Å². The fraction of sp³-hybridized carbons (Fsp3) is 0.350. The van der Waals surface area contributed by atoms with Crippen LogP contribution in [0.1, 0.15) is 33.4 Å². The normalized spacial score (nSPS) is 10.5. The lowest BCUT2D eigenvalue weighted by molar-refractivity contribution is -0.118. The lowest BCUT2D eigenvalue weighted by atomic mass is 10.1. The summed E-state index contributed by atoms with van der Waals surface area (Å²) in [4.78, 5) is 12.2. The van der Waals surface area contributed by atoms with Crippen LogP contribution in [0, 0.1) is 41.5 Å². The number of rotatable bonds is 4. The van der Waals surface area contributed by atoms with Gasteiger partial charge in [-0.05, 0) is 75.4 Å². The van der Waals surface area contributed by atoms with E-state index in [4.69, 9.17) is 4.74 Å². The first-order chi connectivity index (χ1) is 10.8. The highest BCUT2D eigenvalue weighted by Crippen LogP contribution is 2.24. The molecule has 0 atom stereocenters. The maximum atomic E-state index is 12.2. The van der Waals surface area contributed by atoms with Crippen molar-refractivity contribution in [1.29, 1.82) is 0 Å². The van der Waals surface area contributed by atoms with Crippen molar-refractivity contribution in [2.45, 2.75) is 41.5 Å². The molecule has 0 spiro atoms. The highest BCUT2D eigenvalue weighted by Gasteiger charge is 2.10. The third-order valence-electron chi connectivity index (χ3n) is 4.06. The molecule has 0 fully saturated rings. The van der Waals surface area contributed by atoms with Crippen molar-refractivity contribution in [1.82, 2.24) is 0 Å². The number of anilines is 1. The Hall–Kier alpha value is -2.29. The van der Waals surface area contributed by atoms with Crippen molar-refractivity contribution in [2.24, 2.45) is 0 Å². The summed E-state index contributed by atoms with van der Waals surface area (Å²) in [6.07, 6.45) is 0. The zero-order chi connectivity index (χ0) is 17.1. The molecular formula is C20H25NO2. The molecule has 1 amide bonds. The minimum atomic E-state index is -0.140. The van der Waals surface area contributed by atoms with E-state index in [2.05, 4.69) is 30.4 Å². The fourth-order valence-electron chi connectivity index (χ4n) is 2.85. The standard InChI is InChI=1S/C20H25NO2/c1-12-8-15(4)20(16(5)9-12)21-19(22)11-23-18-10-13(2)7-14(3)17(18)6/h7-10H,11H2,1-6H3,(H,21,22). The third-order valence-corrected chi connectivity index (χ3v) is 4.06. The smallest absolute Gasteiger partial charge is 0.262 e. The summed E-state index contributed by atoms with van der Waals surface area (Å²) < 4.78 is 5.72. The zero-order valence-corrected chi connectivity index (χ0v) is 14.8. The maximum Gasteiger partial charge on any atom is 0.262 e. The van der Waals surface area contributed by atoms with Gasteiger partial charge in [0, 0.05) is 5.69 Å². The van der Waals surface area contributed by atoms with Crippen molar-refractivity contribution in [2.75, 3.05) is 11.9 Å². The number of carbonyl (C=O) groups is 1. The Kier molecular flexibility index (Phi) is 5.09. The first-order valence-electron chi connectivity index (χ1n) is 7.86. The van der Waals surface area contributed by atoms with Gasteiger partial charge in [0.1, 0.15) is 5.75 Å². The lowest BCUT2D eigenvalue weighted by Crippen LogP contribution is -2.21. The predicted molar refractivity (Wildman–Crippen MR) is 95.4 cm³/mol. The van der Waals surface area contributed by atoms with Gasteiger partial charge in [0.05, 0.1) is 0 Å². The Morgan fingerprint density at radius 3 is 2.00 bits per heavy atom. The number of carbonyl (C=O) groups excluding carboxylic acids is 1. The molecule has 2 aromatic rings. The summed E-state index contributed by atoms with van der Waals surface area (Å²) in [6, 6.07) is 8.22. The quantitative estimate of drug-likeness (QED) is 0.899. The minimum absolute atomic E-state index is 0.0104. The zero-order valence-electron chi connectivity index (χ0n) is 14.8. The molecular weight excluding hydrogens is 286 g/mol. The summed E-state index contributed by atoms with van der Waals surface area (Å²) in [5, 5.41) is 2.96. The number of ether oxygens (including phenoxy) is 1. The van der Waals surface area contributed by atoms with E-state index in [9.17, 15) is 4.79 Å². The Labute approximate surface area is 138 Å². The van der Waals surface area contributed by atoms with E-state index in [-0.39, 0.29) is 12.5 Å². The molecule has 0 aliphatic carbocycles. The second-order valence-electron chi connectivity index (χ2n) is 6.32. The van der Waals surface area contributed by atoms with Gasteiger partial charge in [-0.2, -0.15) is 0 Å². The molecule has 0 radical (unpaired) electrons. The van der Waals surface area contributed by atoms with Crippen molar-refractivity contribution < 1.29 is 9.53 Å². The number of hydrogen-bond acceptors (Lipinski definition) is 2. The van der Waals surface area contributed by atoms with Crippen LogP contribution in [0.5, 0.6) is 5.75 Å². The van der Waals surface area contributed by atoms with Gasteiger partial charge in [0.15, 0.2) is 6.61 Å². The van der Waals surface area contributed by atoms with E-state index in [0.717, 1.165) is 33.7 Å². The molecule has 2 aromatic carbocycles. The van der Waals surface area contributed by atoms with Crippen LogP contribution >= 0.6 is 0 Å². The number of hydrogen-bond donors (Lipinski definition) is 1. The summed E-state index contributed by atoms with van der Waals surface area (Å²) in [5.41, 5.74) is 7.59. The molecule has 2 rings (SSSR count). The minimum Gasteiger partial charge on any atom is -0.483 e. The number of benzene rings is 2. The number of nitrogens with one attached hydrogen (secondary N) is 1. The molecule has 0 bridgehead atoms. The Balaban J connectivity index is 2.07.